The van der Waals surface area contributed by atoms with E-state index in [1.165, 1.54) is 34.9 Å². The van der Waals surface area contributed by atoms with Crippen LogP contribution < -0.4 is 0 Å². The van der Waals surface area contributed by atoms with Gasteiger partial charge in [0.2, 0.25) is 0 Å². The van der Waals surface area contributed by atoms with Crippen LogP contribution >= 0.6 is 11.8 Å². The molecule has 1 saturated heterocycles. The third-order valence-corrected chi connectivity index (χ3v) is 4.85. The van der Waals surface area contributed by atoms with Crippen molar-refractivity contribution in [3.63, 3.8) is 0 Å². The van der Waals surface area contributed by atoms with Crippen molar-refractivity contribution in [2.24, 2.45) is 5.92 Å². The van der Waals surface area contributed by atoms with E-state index in [2.05, 4.69) is 0 Å². The summed E-state index contributed by atoms with van der Waals surface area (Å²) in [6, 6.07) is 4.76. The van der Waals surface area contributed by atoms with E-state index >= 15 is 0 Å². The second-order valence-corrected chi connectivity index (χ2v) is 6.16. The maximum absolute atomic E-state index is 13.7. The van der Waals surface area contributed by atoms with E-state index in [1.807, 2.05) is 13.8 Å². The Balaban J connectivity index is 2.37. The van der Waals surface area contributed by atoms with Crippen LogP contribution in [0.15, 0.2) is 24.3 Å². The Labute approximate surface area is 121 Å². The highest BCUT2D eigenvalue weighted by atomic mass is 32.2. The zero-order chi connectivity index (χ0) is 14.9. The van der Waals surface area contributed by atoms with Gasteiger partial charge in [-0.1, -0.05) is 26.0 Å². The number of carboxylic acids is 1. The minimum atomic E-state index is -1.05. The predicted octanol–water partition coefficient (Wildman–Crippen LogP) is 2.45. The van der Waals surface area contributed by atoms with Gasteiger partial charge in [0.1, 0.15) is 11.9 Å². The second kappa shape index (κ2) is 5.83. The fourth-order valence-electron chi connectivity index (χ4n) is 2.26. The van der Waals surface area contributed by atoms with Gasteiger partial charge in [-0.2, -0.15) is 0 Å². The standard InChI is InChI=1S/C14H16FNO3S/c1-8(2)13-16(11(7-20-13)14(18)19)12(17)9-5-3-4-6-10(9)15/h3-6,8,11,13H,7H2,1-2H3,(H,18,19)/t11-,13+/m1/s1. The first-order chi connectivity index (χ1) is 9.43. The molecular weight excluding hydrogens is 281 g/mol. The Morgan fingerprint density at radius 3 is 2.60 bits per heavy atom. The third-order valence-electron chi connectivity index (χ3n) is 3.23. The average molecular weight is 297 g/mol. The van der Waals surface area contributed by atoms with Crippen molar-refractivity contribution in [2.45, 2.75) is 25.3 Å². The summed E-state index contributed by atoms with van der Waals surface area (Å²) in [6.07, 6.45) is 0. The Bertz CT molecular complexity index is 535. The van der Waals surface area contributed by atoms with E-state index in [0.717, 1.165) is 0 Å². The van der Waals surface area contributed by atoms with Gasteiger partial charge >= 0.3 is 5.97 Å². The number of hydrogen-bond donors (Lipinski definition) is 1. The van der Waals surface area contributed by atoms with Gasteiger partial charge in [0, 0.05) is 5.75 Å². The van der Waals surface area contributed by atoms with Crippen LogP contribution in [0.1, 0.15) is 24.2 Å². The van der Waals surface area contributed by atoms with Crippen molar-refractivity contribution in [1.29, 1.82) is 0 Å². The summed E-state index contributed by atoms with van der Waals surface area (Å²) in [5, 5.41) is 9.00. The maximum atomic E-state index is 13.7. The van der Waals surface area contributed by atoms with Gasteiger partial charge in [0.05, 0.1) is 10.9 Å². The number of amides is 1. The van der Waals surface area contributed by atoms with Gasteiger partial charge in [0.25, 0.3) is 5.91 Å². The summed E-state index contributed by atoms with van der Waals surface area (Å²) in [4.78, 5) is 25.1. The highest BCUT2D eigenvalue weighted by Gasteiger charge is 2.43. The smallest absolute Gasteiger partial charge is 0.327 e. The third kappa shape index (κ3) is 2.65. The Kier molecular flexibility index (Phi) is 4.32. The molecule has 0 aromatic heterocycles. The molecule has 1 heterocycles. The van der Waals surface area contributed by atoms with Gasteiger partial charge < -0.3 is 10.0 Å². The van der Waals surface area contributed by atoms with Gasteiger partial charge in [-0.3, -0.25) is 4.79 Å². The van der Waals surface area contributed by atoms with E-state index in [9.17, 15) is 19.1 Å². The molecule has 1 aromatic carbocycles. The van der Waals surface area contributed by atoms with Crippen LogP contribution in [-0.4, -0.2) is 39.1 Å². The number of benzene rings is 1. The summed E-state index contributed by atoms with van der Waals surface area (Å²) < 4.78 is 13.7. The summed E-state index contributed by atoms with van der Waals surface area (Å²) in [5.74, 6) is -1.80. The molecule has 0 aliphatic carbocycles. The molecule has 0 spiro atoms. The van der Waals surface area contributed by atoms with Crippen molar-refractivity contribution in [3.8, 4) is 0 Å². The molecule has 1 aliphatic rings. The number of carbonyl (C=O) groups excluding carboxylic acids is 1. The van der Waals surface area contributed by atoms with Crippen molar-refractivity contribution < 1.29 is 19.1 Å². The first kappa shape index (κ1) is 14.8. The molecule has 1 amide bonds. The Morgan fingerprint density at radius 1 is 1.40 bits per heavy atom. The fourth-order valence-corrected chi connectivity index (χ4v) is 3.73. The molecule has 0 radical (unpaired) electrons. The number of halogens is 1. The Morgan fingerprint density at radius 2 is 2.05 bits per heavy atom. The van der Waals surface area contributed by atoms with Crippen LogP contribution in [0, 0.1) is 11.7 Å². The van der Waals surface area contributed by atoms with Gasteiger partial charge in [0.15, 0.2) is 0 Å². The lowest BCUT2D eigenvalue weighted by Gasteiger charge is -2.29. The number of rotatable bonds is 3. The average Bonchev–Trinajstić information content (AvgIpc) is 2.83. The lowest BCUT2D eigenvalue weighted by atomic mass is 10.1. The molecule has 108 valence electrons. The lowest BCUT2D eigenvalue weighted by Crippen LogP contribution is -2.47. The molecule has 2 rings (SSSR count). The van der Waals surface area contributed by atoms with Crippen LogP contribution in [-0.2, 0) is 4.79 Å². The van der Waals surface area contributed by atoms with E-state index < -0.39 is 23.7 Å². The van der Waals surface area contributed by atoms with E-state index in [0.29, 0.717) is 5.75 Å². The lowest BCUT2D eigenvalue weighted by molar-refractivity contribution is -0.141. The molecule has 1 N–H and O–H groups in total. The molecule has 0 unspecified atom stereocenters. The number of thioether (sulfide) groups is 1. The zero-order valence-corrected chi connectivity index (χ0v) is 12.1. The number of carboxylic acid groups (broad SMARTS) is 1. The number of carbonyl (C=O) groups is 2. The second-order valence-electron chi connectivity index (χ2n) is 5.01. The predicted molar refractivity (Wildman–Crippen MR) is 75.1 cm³/mol. The molecule has 1 fully saturated rings. The molecule has 1 aromatic rings. The van der Waals surface area contributed by atoms with E-state index in [4.69, 9.17) is 0 Å². The first-order valence-electron chi connectivity index (χ1n) is 6.35. The zero-order valence-electron chi connectivity index (χ0n) is 11.2. The highest BCUT2D eigenvalue weighted by molar-refractivity contribution is 8.00. The van der Waals surface area contributed by atoms with E-state index in [-0.39, 0.29) is 16.9 Å². The molecule has 2 atom stereocenters. The minimum absolute atomic E-state index is 0.0769. The largest absolute Gasteiger partial charge is 0.480 e. The topological polar surface area (TPSA) is 57.6 Å². The van der Waals surface area contributed by atoms with E-state index in [1.54, 1.807) is 6.07 Å². The maximum Gasteiger partial charge on any atom is 0.327 e. The van der Waals surface area contributed by atoms with Crippen LogP contribution in [0.2, 0.25) is 0 Å². The monoisotopic (exact) mass is 297 g/mol. The van der Waals surface area contributed by atoms with Crippen molar-refractivity contribution in [2.75, 3.05) is 5.75 Å². The van der Waals surface area contributed by atoms with Crippen molar-refractivity contribution in [1.82, 2.24) is 4.90 Å². The van der Waals surface area contributed by atoms with Crippen LogP contribution in [0.4, 0.5) is 4.39 Å². The molecule has 0 bridgehead atoms. The normalized spacial score (nSPS) is 22.3. The molecule has 6 heteroatoms. The van der Waals surface area contributed by atoms with Crippen LogP contribution in [0.5, 0.6) is 0 Å². The first-order valence-corrected chi connectivity index (χ1v) is 7.40. The quantitative estimate of drug-likeness (QED) is 0.931. The molecule has 1 aliphatic heterocycles. The Hall–Kier alpha value is -1.56. The highest BCUT2D eigenvalue weighted by Crippen LogP contribution is 2.35. The van der Waals surface area contributed by atoms with Gasteiger partial charge in [-0.15, -0.1) is 11.8 Å². The summed E-state index contributed by atoms with van der Waals surface area (Å²) in [6.45, 7) is 3.84. The molecule has 0 saturated carbocycles. The SMILES string of the molecule is CC(C)[C@@H]1SC[C@H](C(=O)O)N1C(=O)c1ccccc1F. The van der Waals surface area contributed by atoms with Gasteiger partial charge in [-0.05, 0) is 18.1 Å². The van der Waals surface area contributed by atoms with Crippen LogP contribution in [0.25, 0.3) is 0 Å². The minimum Gasteiger partial charge on any atom is -0.480 e. The van der Waals surface area contributed by atoms with Crippen molar-refractivity contribution in [3.05, 3.63) is 35.6 Å². The summed E-state index contributed by atoms with van der Waals surface area (Å²) in [7, 11) is 0. The molecule has 20 heavy (non-hydrogen) atoms. The fraction of sp³-hybridized carbons (Fsp3) is 0.429. The van der Waals surface area contributed by atoms with Crippen LogP contribution in [0.3, 0.4) is 0 Å². The molecular formula is C14H16FNO3S. The molecule has 4 nitrogen and oxygen atoms in total. The number of nitrogens with zero attached hydrogens (tertiary/aromatic N) is 1. The number of hydrogen-bond acceptors (Lipinski definition) is 3. The summed E-state index contributed by atoms with van der Waals surface area (Å²) in [5.41, 5.74) is -0.0769. The summed E-state index contributed by atoms with van der Waals surface area (Å²) >= 11 is 1.43. The van der Waals surface area contributed by atoms with Crippen molar-refractivity contribution >= 4 is 23.6 Å². The van der Waals surface area contributed by atoms with Gasteiger partial charge in [-0.25, -0.2) is 9.18 Å². The number of aliphatic carboxylic acids is 1.